The molecule has 2 aliphatic heterocycles. The fourth-order valence-electron chi connectivity index (χ4n) is 3.65. The van der Waals surface area contributed by atoms with Gasteiger partial charge in [-0.25, -0.2) is 4.98 Å². The average molecular weight is 306 g/mol. The van der Waals surface area contributed by atoms with Crippen molar-refractivity contribution in [1.82, 2.24) is 19.4 Å². The van der Waals surface area contributed by atoms with Crippen molar-refractivity contribution < 1.29 is 9.53 Å². The molecule has 0 bridgehead atoms. The van der Waals surface area contributed by atoms with E-state index < -0.39 is 0 Å². The maximum Gasteiger partial charge on any atom is 0.245 e. The minimum absolute atomic E-state index is 0.177. The first-order valence-electron chi connectivity index (χ1n) is 8.28. The molecule has 1 aromatic rings. The lowest BCUT2D eigenvalue weighted by molar-refractivity contribution is -0.133. The zero-order valence-corrected chi connectivity index (χ0v) is 13.5. The summed E-state index contributed by atoms with van der Waals surface area (Å²) in [5.41, 5.74) is 0. The molecule has 0 aromatic carbocycles. The van der Waals surface area contributed by atoms with Gasteiger partial charge in [-0.3, -0.25) is 9.69 Å². The fraction of sp³-hybridized carbons (Fsp3) is 0.750. The smallest absolute Gasteiger partial charge is 0.245 e. The SMILES string of the molecule is CC[C@@H]1CN(C(=O)[C@H](C)n2ccnc2)C[C@@H]1N1CCOCC1. The minimum atomic E-state index is -0.177. The molecule has 1 amide bonds. The number of hydrogen-bond donors (Lipinski definition) is 0. The number of nitrogens with zero attached hydrogens (tertiary/aromatic N) is 4. The second kappa shape index (κ2) is 6.79. The zero-order chi connectivity index (χ0) is 15.5. The molecule has 6 heteroatoms. The summed E-state index contributed by atoms with van der Waals surface area (Å²) >= 11 is 0. The number of amides is 1. The van der Waals surface area contributed by atoms with Crippen LogP contribution in [-0.2, 0) is 9.53 Å². The molecular formula is C16H26N4O2. The van der Waals surface area contributed by atoms with E-state index in [2.05, 4.69) is 16.8 Å². The summed E-state index contributed by atoms with van der Waals surface area (Å²) in [6.45, 7) is 9.49. The quantitative estimate of drug-likeness (QED) is 0.833. The van der Waals surface area contributed by atoms with E-state index in [-0.39, 0.29) is 11.9 Å². The maximum absolute atomic E-state index is 12.8. The number of hydrogen-bond acceptors (Lipinski definition) is 4. The lowest BCUT2D eigenvalue weighted by atomic mass is 9.99. The molecule has 0 radical (unpaired) electrons. The average Bonchev–Trinajstić information content (AvgIpc) is 3.23. The van der Waals surface area contributed by atoms with Crippen LogP contribution in [0.1, 0.15) is 26.3 Å². The van der Waals surface area contributed by atoms with E-state index in [9.17, 15) is 4.79 Å². The highest BCUT2D eigenvalue weighted by Crippen LogP contribution is 2.27. The van der Waals surface area contributed by atoms with Crippen molar-refractivity contribution in [3.63, 3.8) is 0 Å². The molecule has 0 spiro atoms. The third kappa shape index (κ3) is 3.03. The highest BCUT2D eigenvalue weighted by Gasteiger charge is 2.39. The van der Waals surface area contributed by atoms with Crippen LogP contribution in [0.3, 0.4) is 0 Å². The Morgan fingerprint density at radius 3 is 2.77 bits per heavy atom. The highest BCUT2D eigenvalue weighted by atomic mass is 16.5. The van der Waals surface area contributed by atoms with Gasteiger partial charge in [-0.1, -0.05) is 13.3 Å². The van der Waals surface area contributed by atoms with Crippen LogP contribution < -0.4 is 0 Å². The van der Waals surface area contributed by atoms with Gasteiger partial charge in [0, 0.05) is 44.6 Å². The predicted octanol–water partition coefficient (Wildman–Crippen LogP) is 1.01. The molecule has 0 aliphatic carbocycles. The van der Waals surface area contributed by atoms with Crippen LogP contribution in [0.4, 0.5) is 0 Å². The van der Waals surface area contributed by atoms with Crippen LogP contribution in [0.5, 0.6) is 0 Å². The van der Waals surface area contributed by atoms with Gasteiger partial charge in [-0.15, -0.1) is 0 Å². The summed E-state index contributed by atoms with van der Waals surface area (Å²) in [5, 5.41) is 0. The van der Waals surface area contributed by atoms with E-state index in [1.54, 1.807) is 12.5 Å². The second-order valence-electron chi connectivity index (χ2n) is 6.31. The molecule has 0 unspecified atom stereocenters. The standard InChI is InChI=1S/C16H26N4O2/c1-3-14-10-20(11-15(14)18-6-8-22-9-7-18)16(21)13(2)19-5-4-17-12-19/h4-5,12-15H,3,6-11H2,1-2H3/t13-,14+,15-/m0/s1. The van der Waals surface area contributed by atoms with Crippen LogP contribution in [-0.4, -0.2) is 70.7 Å². The Morgan fingerprint density at radius 2 is 2.14 bits per heavy atom. The van der Waals surface area contributed by atoms with Gasteiger partial charge in [0.1, 0.15) is 6.04 Å². The van der Waals surface area contributed by atoms with E-state index in [1.165, 1.54) is 0 Å². The number of aromatic nitrogens is 2. The maximum atomic E-state index is 12.8. The van der Waals surface area contributed by atoms with Crippen molar-refractivity contribution in [2.75, 3.05) is 39.4 Å². The third-order valence-corrected chi connectivity index (χ3v) is 5.09. The van der Waals surface area contributed by atoms with E-state index in [1.807, 2.05) is 22.6 Å². The number of morpholine rings is 1. The predicted molar refractivity (Wildman–Crippen MR) is 83.5 cm³/mol. The molecule has 0 saturated carbocycles. The second-order valence-corrected chi connectivity index (χ2v) is 6.31. The Labute approximate surface area is 132 Å². The summed E-state index contributed by atoms with van der Waals surface area (Å²) < 4.78 is 7.34. The number of rotatable bonds is 4. The summed E-state index contributed by atoms with van der Waals surface area (Å²) in [6.07, 6.45) is 6.41. The number of ether oxygens (including phenoxy) is 1. The van der Waals surface area contributed by atoms with Crippen LogP contribution in [0.2, 0.25) is 0 Å². The number of carbonyl (C=O) groups excluding carboxylic acids is 1. The van der Waals surface area contributed by atoms with Crippen molar-refractivity contribution >= 4 is 5.91 Å². The van der Waals surface area contributed by atoms with Crippen molar-refractivity contribution in [1.29, 1.82) is 0 Å². The monoisotopic (exact) mass is 306 g/mol. The molecule has 0 N–H and O–H groups in total. The van der Waals surface area contributed by atoms with E-state index in [0.717, 1.165) is 45.8 Å². The first-order chi connectivity index (χ1) is 10.7. The molecule has 6 nitrogen and oxygen atoms in total. The molecule has 22 heavy (non-hydrogen) atoms. The molecule has 1 aromatic heterocycles. The lowest BCUT2D eigenvalue weighted by Crippen LogP contribution is -2.47. The Balaban J connectivity index is 1.66. The highest BCUT2D eigenvalue weighted by molar-refractivity contribution is 5.80. The molecule has 3 heterocycles. The molecule has 2 saturated heterocycles. The van der Waals surface area contributed by atoms with Crippen molar-refractivity contribution in [3.05, 3.63) is 18.7 Å². The molecule has 3 atom stereocenters. The van der Waals surface area contributed by atoms with Crippen LogP contribution in [0.15, 0.2) is 18.7 Å². The number of likely N-dealkylation sites (tertiary alicyclic amines) is 1. The van der Waals surface area contributed by atoms with Crippen LogP contribution >= 0.6 is 0 Å². The Bertz CT molecular complexity index is 484. The first-order valence-corrected chi connectivity index (χ1v) is 8.28. The van der Waals surface area contributed by atoms with E-state index in [4.69, 9.17) is 4.74 Å². The minimum Gasteiger partial charge on any atom is -0.379 e. The Kier molecular flexibility index (Phi) is 4.78. The van der Waals surface area contributed by atoms with Crippen molar-refractivity contribution in [3.8, 4) is 0 Å². The van der Waals surface area contributed by atoms with E-state index >= 15 is 0 Å². The summed E-state index contributed by atoms with van der Waals surface area (Å²) in [4.78, 5) is 21.4. The fourth-order valence-corrected chi connectivity index (χ4v) is 3.65. The van der Waals surface area contributed by atoms with Gasteiger partial charge in [0.2, 0.25) is 5.91 Å². The number of carbonyl (C=O) groups is 1. The van der Waals surface area contributed by atoms with Crippen LogP contribution in [0.25, 0.3) is 0 Å². The van der Waals surface area contributed by atoms with E-state index in [0.29, 0.717) is 12.0 Å². The van der Waals surface area contributed by atoms with Gasteiger partial charge in [0.15, 0.2) is 0 Å². The largest absolute Gasteiger partial charge is 0.379 e. The van der Waals surface area contributed by atoms with Gasteiger partial charge >= 0.3 is 0 Å². The molecular weight excluding hydrogens is 280 g/mol. The molecule has 2 aliphatic rings. The van der Waals surface area contributed by atoms with Crippen molar-refractivity contribution in [2.45, 2.75) is 32.4 Å². The van der Waals surface area contributed by atoms with Gasteiger partial charge in [0.25, 0.3) is 0 Å². The Hall–Kier alpha value is -1.40. The third-order valence-electron chi connectivity index (χ3n) is 5.09. The normalized spacial score (nSPS) is 28.0. The zero-order valence-electron chi connectivity index (χ0n) is 13.5. The summed E-state index contributed by atoms with van der Waals surface area (Å²) in [5.74, 6) is 0.768. The first kappa shape index (κ1) is 15.5. The lowest BCUT2D eigenvalue weighted by Gasteiger charge is -2.34. The molecule has 3 rings (SSSR count). The van der Waals surface area contributed by atoms with Gasteiger partial charge in [-0.05, 0) is 12.8 Å². The van der Waals surface area contributed by atoms with Crippen LogP contribution in [0, 0.1) is 5.92 Å². The summed E-state index contributed by atoms with van der Waals surface area (Å²) in [6, 6.07) is 0.302. The topological polar surface area (TPSA) is 50.6 Å². The van der Waals surface area contributed by atoms with Crippen molar-refractivity contribution in [2.24, 2.45) is 5.92 Å². The molecule has 2 fully saturated rings. The Morgan fingerprint density at radius 1 is 1.36 bits per heavy atom. The van der Waals surface area contributed by atoms with Gasteiger partial charge in [0.05, 0.1) is 19.5 Å². The molecule has 122 valence electrons. The summed E-state index contributed by atoms with van der Waals surface area (Å²) in [7, 11) is 0. The number of imidazole rings is 1. The van der Waals surface area contributed by atoms with Gasteiger partial charge < -0.3 is 14.2 Å². The van der Waals surface area contributed by atoms with Gasteiger partial charge in [-0.2, -0.15) is 0 Å².